The number of hydrogen-bond donors (Lipinski definition) is 2. The number of carbonyl (C=O) groups is 1. The van der Waals surface area contributed by atoms with E-state index in [4.69, 9.17) is 15.4 Å². The maximum absolute atomic E-state index is 10.4. The predicted octanol–water partition coefficient (Wildman–Crippen LogP) is -1.09. The monoisotopic (exact) mass is 242 g/mol. The number of nitrogens with two attached hydrogens (primary N) is 1. The summed E-state index contributed by atoms with van der Waals surface area (Å²) in [4.78, 5) is 13.6. The van der Waals surface area contributed by atoms with Crippen molar-refractivity contribution in [1.82, 2.24) is 5.27 Å². The Kier molecular flexibility index (Phi) is 4.92. The van der Waals surface area contributed by atoms with Crippen molar-refractivity contribution in [2.45, 2.75) is 32.2 Å². The molecule has 0 aliphatic heterocycles. The van der Waals surface area contributed by atoms with Gasteiger partial charge in [-0.2, -0.15) is 0 Å². The zero-order valence-corrected chi connectivity index (χ0v) is 9.20. The quantitative estimate of drug-likeness (QED) is 0.270. The standard InChI is InChI=1S/C9H14N4O4/c10-9(16)11-7-6-13(12-17-7)5-3-1-2-4-8(14)15/h6H,1-5H2,(H3-,10,11,12,14,15,16). The van der Waals surface area contributed by atoms with Crippen molar-refractivity contribution in [2.75, 3.05) is 0 Å². The molecule has 0 radical (unpaired) electrons. The first-order valence-electron chi connectivity index (χ1n) is 5.17. The number of aromatic nitrogens is 2. The minimum Gasteiger partial charge on any atom is -0.846 e. The van der Waals surface area contributed by atoms with E-state index in [0.717, 1.165) is 12.8 Å². The molecule has 1 aromatic rings. The lowest BCUT2D eigenvalue weighted by Crippen LogP contribution is -2.34. The van der Waals surface area contributed by atoms with Crippen molar-refractivity contribution in [1.29, 1.82) is 0 Å². The Hall–Kier alpha value is -2.12. The van der Waals surface area contributed by atoms with Crippen LogP contribution in [0.2, 0.25) is 0 Å². The average Bonchev–Trinajstić information content (AvgIpc) is 2.63. The van der Waals surface area contributed by atoms with E-state index < -0.39 is 12.0 Å². The molecule has 3 N–H and O–H groups in total. The van der Waals surface area contributed by atoms with Gasteiger partial charge in [-0.1, -0.05) is 4.68 Å². The van der Waals surface area contributed by atoms with E-state index in [-0.39, 0.29) is 12.3 Å². The number of aliphatic imine (C=N–C) groups is 1. The van der Waals surface area contributed by atoms with Gasteiger partial charge in [-0.3, -0.25) is 9.32 Å². The normalized spacial score (nSPS) is 11.6. The van der Waals surface area contributed by atoms with Crippen LogP contribution in [0.1, 0.15) is 25.7 Å². The molecule has 1 aromatic heterocycles. The summed E-state index contributed by atoms with van der Waals surface area (Å²) in [6.07, 6.45) is 3.83. The molecule has 0 aliphatic carbocycles. The molecule has 0 spiro atoms. The van der Waals surface area contributed by atoms with Crippen molar-refractivity contribution in [3.05, 3.63) is 6.20 Å². The van der Waals surface area contributed by atoms with Crippen LogP contribution in [-0.4, -0.2) is 22.4 Å². The Morgan fingerprint density at radius 2 is 2.35 bits per heavy atom. The second-order valence-electron chi connectivity index (χ2n) is 3.46. The second kappa shape index (κ2) is 6.46. The van der Waals surface area contributed by atoms with Gasteiger partial charge in [0.2, 0.25) is 5.27 Å². The summed E-state index contributed by atoms with van der Waals surface area (Å²) in [5.41, 5.74) is 4.84. The molecule has 0 unspecified atom stereocenters. The fourth-order valence-electron chi connectivity index (χ4n) is 1.26. The van der Waals surface area contributed by atoms with Crippen LogP contribution in [-0.2, 0) is 11.3 Å². The predicted molar refractivity (Wildman–Crippen MR) is 54.1 cm³/mol. The Bertz CT molecular complexity index is 397. The molecule has 0 fully saturated rings. The van der Waals surface area contributed by atoms with Crippen molar-refractivity contribution in [2.24, 2.45) is 10.7 Å². The van der Waals surface area contributed by atoms with Crippen LogP contribution in [0.25, 0.3) is 0 Å². The van der Waals surface area contributed by atoms with E-state index in [2.05, 4.69) is 10.3 Å². The first kappa shape index (κ1) is 12.9. The Morgan fingerprint density at radius 1 is 1.59 bits per heavy atom. The maximum atomic E-state index is 10.4. The number of hydrogen-bond acceptors (Lipinski definition) is 5. The van der Waals surface area contributed by atoms with E-state index in [1.54, 1.807) is 0 Å². The van der Waals surface area contributed by atoms with Gasteiger partial charge in [0.1, 0.15) is 0 Å². The Morgan fingerprint density at radius 3 is 3.00 bits per heavy atom. The smallest absolute Gasteiger partial charge is 0.322 e. The molecule has 0 amide bonds. The summed E-state index contributed by atoms with van der Waals surface area (Å²) < 4.78 is 6.21. The molecular formula is C9H14N4O4. The van der Waals surface area contributed by atoms with E-state index in [0.29, 0.717) is 13.0 Å². The maximum Gasteiger partial charge on any atom is 0.322 e. The Labute approximate surface area is 97.3 Å². The van der Waals surface area contributed by atoms with Gasteiger partial charge in [-0.15, -0.1) is 0 Å². The van der Waals surface area contributed by atoms with Crippen molar-refractivity contribution in [3.8, 4) is 0 Å². The zero-order valence-electron chi connectivity index (χ0n) is 9.20. The number of rotatable bonds is 7. The molecule has 0 saturated heterocycles. The van der Waals surface area contributed by atoms with Crippen molar-refractivity contribution >= 4 is 17.9 Å². The summed E-state index contributed by atoms with van der Waals surface area (Å²) in [5, 5.41) is 22.5. The average molecular weight is 242 g/mol. The number of carboxylic acids is 1. The van der Waals surface area contributed by atoms with Gasteiger partial charge in [0.25, 0.3) is 6.20 Å². The first-order chi connectivity index (χ1) is 8.08. The highest BCUT2D eigenvalue weighted by molar-refractivity contribution is 5.69. The van der Waals surface area contributed by atoms with E-state index in [9.17, 15) is 9.90 Å². The summed E-state index contributed by atoms with van der Waals surface area (Å²) in [6, 6.07) is -0.838. The van der Waals surface area contributed by atoms with Crippen LogP contribution in [0, 0.1) is 0 Å². The third-order valence-electron chi connectivity index (χ3n) is 2.00. The van der Waals surface area contributed by atoms with Crippen LogP contribution in [0.15, 0.2) is 15.7 Å². The van der Waals surface area contributed by atoms with E-state index in [1.807, 2.05) is 0 Å². The molecule has 0 aliphatic rings. The van der Waals surface area contributed by atoms with Gasteiger partial charge >= 0.3 is 11.9 Å². The van der Waals surface area contributed by atoms with Crippen LogP contribution >= 0.6 is 0 Å². The van der Waals surface area contributed by atoms with Crippen LogP contribution < -0.4 is 15.5 Å². The third kappa shape index (κ3) is 5.50. The number of unbranched alkanes of at least 4 members (excludes halogenated alkanes) is 2. The van der Waals surface area contributed by atoms with Crippen molar-refractivity contribution < 1.29 is 24.2 Å². The summed E-state index contributed by atoms with van der Waals surface area (Å²) in [5.74, 6) is -0.732. The lowest BCUT2D eigenvalue weighted by atomic mass is 10.2. The van der Waals surface area contributed by atoms with E-state index in [1.165, 1.54) is 10.9 Å². The summed E-state index contributed by atoms with van der Waals surface area (Å²) >= 11 is 0. The minimum absolute atomic E-state index is 0.0584. The van der Waals surface area contributed by atoms with Crippen LogP contribution in [0.4, 0.5) is 5.88 Å². The molecular weight excluding hydrogens is 228 g/mol. The fourth-order valence-corrected chi connectivity index (χ4v) is 1.26. The van der Waals surface area contributed by atoms with Gasteiger partial charge in [0, 0.05) is 12.8 Å². The minimum atomic E-state index is -0.838. The van der Waals surface area contributed by atoms with Crippen LogP contribution in [0.5, 0.6) is 0 Å². The lowest BCUT2D eigenvalue weighted by molar-refractivity contribution is -0.762. The molecule has 0 saturated carbocycles. The van der Waals surface area contributed by atoms with Gasteiger partial charge in [0.15, 0.2) is 6.54 Å². The molecule has 17 heavy (non-hydrogen) atoms. The van der Waals surface area contributed by atoms with Gasteiger partial charge in [-0.05, 0) is 12.8 Å². The molecule has 0 atom stereocenters. The molecule has 94 valence electrons. The molecule has 8 heteroatoms. The molecule has 8 nitrogen and oxygen atoms in total. The lowest BCUT2D eigenvalue weighted by Gasteiger charge is -1.96. The van der Waals surface area contributed by atoms with Gasteiger partial charge in [0.05, 0.1) is 6.02 Å². The number of aryl methyl sites for hydroxylation is 1. The van der Waals surface area contributed by atoms with Crippen LogP contribution in [0.3, 0.4) is 0 Å². The van der Waals surface area contributed by atoms with E-state index >= 15 is 0 Å². The molecule has 1 heterocycles. The Balaban J connectivity index is 2.26. The third-order valence-corrected chi connectivity index (χ3v) is 2.00. The van der Waals surface area contributed by atoms with Crippen molar-refractivity contribution in [3.63, 3.8) is 0 Å². The highest BCUT2D eigenvalue weighted by Crippen LogP contribution is 2.05. The topological polar surface area (TPSA) is 129 Å². The molecule has 0 bridgehead atoms. The zero-order chi connectivity index (χ0) is 12.7. The van der Waals surface area contributed by atoms with Gasteiger partial charge < -0.3 is 15.9 Å². The second-order valence-corrected chi connectivity index (χ2v) is 3.46. The number of amidine groups is 1. The summed E-state index contributed by atoms with van der Waals surface area (Å²) in [7, 11) is 0. The number of carboxylic acid groups (broad SMARTS) is 1. The number of nitrogens with zero attached hydrogens (tertiary/aromatic N) is 3. The number of aliphatic carboxylic acids is 1. The summed E-state index contributed by atoms with van der Waals surface area (Å²) in [6.45, 7) is 0.581. The fraction of sp³-hybridized carbons (Fsp3) is 0.556. The molecule has 0 aromatic carbocycles. The molecule has 1 rings (SSSR count). The van der Waals surface area contributed by atoms with Gasteiger partial charge in [-0.25, -0.2) is 4.99 Å². The first-order valence-corrected chi connectivity index (χ1v) is 5.17. The largest absolute Gasteiger partial charge is 0.846 e. The SMILES string of the molecule is N/C([O-])=N/c1c[n+](CCCCCC(=O)O)no1. The highest BCUT2D eigenvalue weighted by Gasteiger charge is 2.09. The highest BCUT2D eigenvalue weighted by atomic mass is 16.5.